The fraction of sp³-hybridized carbons (Fsp3) is 0.200. The van der Waals surface area contributed by atoms with Gasteiger partial charge in [0.1, 0.15) is 0 Å². The number of rotatable bonds is 1. The summed E-state index contributed by atoms with van der Waals surface area (Å²) in [6, 6.07) is 0. The summed E-state index contributed by atoms with van der Waals surface area (Å²) in [6.07, 6.45) is 12.4. The molecule has 0 saturated carbocycles. The Morgan fingerprint density at radius 1 is 1.54 bits per heavy atom. The molecule has 0 fully saturated rings. The summed E-state index contributed by atoms with van der Waals surface area (Å²) in [4.78, 5) is 8.17. The Bertz CT molecular complexity index is 464. The van der Waals surface area contributed by atoms with Crippen LogP contribution in [0.1, 0.15) is 18.5 Å². The van der Waals surface area contributed by atoms with Gasteiger partial charge in [-0.2, -0.15) is 0 Å². The summed E-state index contributed by atoms with van der Waals surface area (Å²) in [5.41, 5.74) is 1.86. The summed E-state index contributed by atoms with van der Waals surface area (Å²) in [6.45, 7) is 1.98. The van der Waals surface area contributed by atoms with Crippen LogP contribution in [0.4, 0.5) is 0 Å². The van der Waals surface area contributed by atoms with E-state index in [0.29, 0.717) is 0 Å². The van der Waals surface area contributed by atoms with E-state index in [2.05, 4.69) is 15.9 Å². The Hall–Kier alpha value is -1.82. The summed E-state index contributed by atoms with van der Waals surface area (Å²) in [7, 11) is 0. The van der Waals surface area contributed by atoms with Gasteiger partial charge in [-0.25, -0.2) is 4.98 Å². The fourth-order valence-corrected chi connectivity index (χ4v) is 1.27. The number of nitrogens with zero attached hydrogens (tertiary/aromatic N) is 3. The van der Waals surface area contributed by atoms with Crippen molar-refractivity contribution >= 4 is 5.65 Å². The summed E-state index contributed by atoms with van der Waals surface area (Å²) in [5.74, 6) is 2.76. The van der Waals surface area contributed by atoms with E-state index in [9.17, 15) is 0 Å². The molecule has 13 heavy (non-hydrogen) atoms. The van der Waals surface area contributed by atoms with Crippen molar-refractivity contribution in [3.8, 4) is 12.3 Å². The molecule has 2 rings (SSSR count). The third-order valence-electron chi connectivity index (χ3n) is 2.04. The van der Waals surface area contributed by atoms with Crippen LogP contribution >= 0.6 is 0 Å². The lowest BCUT2D eigenvalue weighted by atomic mass is 10.1. The number of fused-ring (bicyclic) bond motifs is 1. The highest BCUT2D eigenvalue weighted by Gasteiger charge is 2.07. The van der Waals surface area contributed by atoms with Crippen LogP contribution < -0.4 is 0 Å². The molecule has 2 aromatic heterocycles. The largest absolute Gasteiger partial charge is 0.300 e. The average molecular weight is 171 g/mol. The van der Waals surface area contributed by atoms with Gasteiger partial charge in [0.25, 0.3) is 0 Å². The van der Waals surface area contributed by atoms with Crippen LogP contribution in [-0.4, -0.2) is 14.4 Å². The van der Waals surface area contributed by atoms with Gasteiger partial charge in [-0.3, -0.25) is 9.38 Å². The minimum atomic E-state index is 0.0809. The number of hydrogen-bond acceptors (Lipinski definition) is 2. The van der Waals surface area contributed by atoms with E-state index in [-0.39, 0.29) is 5.92 Å². The molecule has 3 nitrogen and oxygen atoms in total. The van der Waals surface area contributed by atoms with Gasteiger partial charge in [0.05, 0.1) is 24.0 Å². The van der Waals surface area contributed by atoms with Crippen LogP contribution in [0.3, 0.4) is 0 Å². The molecule has 0 N–H and O–H groups in total. The minimum absolute atomic E-state index is 0.0809. The molecule has 1 unspecified atom stereocenters. The second-order valence-electron chi connectivity index (χ2n) is 2.88. The molecule has 0 saturated heterocycles. The Balaban J connectivity index is 2.66. The van der Waals surface area contributed by atoms with Crippen molar-refractivity contribution in [3.63, 3.8) is 0 Å². The van der Waals surface area contributed by atoms with Crippen molar-refractivity contribution in [2.75, 3.05) is 0 Å². The van der Waals surface area contributed by atoms with Crippen LogP contribution in [-0.2, 0) is 0 Å². The van der Waals surface area contributed by atoms with Gasteiger partial charge >= 0.3 is 0 Å². The molecule has 2 aromatic rings. The maximum Gasteiger partial charge on any atom is 0.155 e. The zero-order chi connectivity index (χ0) is 9.26. The zero-order valence-electron chi connectivity index (χ0n) is 7.31. The molecule has 0 aliphatic rings. The third kappa shape index (κ3) is 1.17. The van der Waals surface area contributed by atoms with Crippen molar-refractivity contribution < 1.29 is 0 Å². The first-order valence-corrected chi connectivity index (χ1v) is 4.06. The molecule has 64 valence electrons. The van der Waals surface area contributed by atoms with Crippen LogP contribution in [0.15, 0.2) is 24.8 Å². The smallest absolute Gasteiger partial charge is 0.155 e. The van der Waals surface area contributed by atoms with Crippen LogP contribution in [0, 0.1) is 12.3 Å². The van der Waals surface area contributed by atoms with Crippen LogP contribution in [0.25, 0.3) is 5.65 Å². The van der Waals surface area contributed by atoms with Gasteiger partial charge in [-0.05, 0) is 6.92 Å². The molecule has 3 heteroatoms. The molecule has 0 spiro atoms. The number of imidazole rings is 1. The molecule has 0 aliphatic heterocycles. The second kappa shape index (κ2) is 2.91. The Morgan fingerprint density at radius 3 is 3.15 bits per heavy atom. The zero-order valence-corrected chi connectivity index (χ0v) is 7.31. The molecule has 2 heterocycles. The van der Waals surface area contributed by atoms with E-state index in [4.69, 9.17) is 6.42 Å². The van der Waals surface area contributed by atoms with Gasteiger partial charge in [-0.15, -0.1) is 6.42 Å². The van der Waals surface area contributed by atoms with E-state index in [0.717, 1.165) is 11.3 Å². The first-order chi connectivity index (χ1) is 6.33. The predicted molar refractivity (Wildman–Crippen MR) is 50.2 cm³/mol. The number of terminal acetylenes is 1. The maximum absolute atomic E-state index is 5.35. The lowest BCUT2D eigenvalue weighted by Crippen LogP contribution is -1.95. The van der Waals surface area contributed by atoms with Gasteiger partial charge in [0.2, 0.25) is 0 Å². The first kappa shape index (κ1) is 7.81. The SMILES string of the molecule is C#CC(C)c1cnc2cnccn12. The molecule has 0 aromatic carbocycles. The molecule has 0 aliphatic carbocycles. The van der Waals surface area contributed by atoms with E-state index >= 15 is 0 Å². The quantitative estimate of drug-likeness (QED) is 0.608. The average Bonchev–Trinajstić information content (AvgIpc) is 2.60. The topological polar surface area (TPSA) is 30.2 Å². The summed E-state index contributed by atoms with van der Waals surface area (Å²) in [5, 5.41) is 0. The highest BCUT2D eigenvalue weighted by atomic mass is 15.0. The third-order valence-corrected chi connectivity index (χ3v) is 2.04. The molecule has 0 radical (unpaired) electrons. The van der Waals surface area contributed by atoms with Gasteiger partial charge in [0, 0.05) is 12.4 Å². The standard InChI is InChI=1S/C10H9N3/c1-3-8(2)9-6-12-10-7-11-4-5-13(9)10/h1,4-8H,2H3. The highest BCUT2D eigenvalue weighted by molar-refractivity contribution is 5.39. The van der Waals surface area contributed by atoms with E-state index < -0.39 is 0 Å². The van der Waals surface area contributed by atoms with Crippen molar-refractivity contribution in [3.05, 3.63) is 30.5 Å². The maximum atomic E-state index is 5.35. The molecular formula is C10H9N3. The van der Waals surface area contributed by atoms with Gasteiger partial charge in [0.15, 0.2) is 5.65 Å². The Labute approximate surface area is 76.4 Å². The van der Waals surface area contributed by atoms with Crippen molar-refractivity contribution in [2.45, 2.75) is 12.8 Å². The minimum Gasteiger partial charge on any atom is -0.300 e. The number of aromatic nitrogens is 3. The lowest BCUT2D eigenvalue weighted by molar-refractivity contribution is 0.907. The molecule has 0 bridgehead atoms. The normalized spacial score (nSPS) is 12.6. The van der Waals surface area contributed by atoms with Crippen molar-refractivity contribution in [2.24, 2.45) is 0 Å². The molecular weight excluding hydrogens is 162 g/mol. The molecule has 0 amide bonds. The second-order valence-corrected chi connectivity index (χ2v) is 2.88. The lowest BCUT2D eigenvalue weighted by Gasteiger charge is -2.02. The van der Waals surface area contributed by atoms with E-state index in [1.807, 2.05) is 17.5 Å². The first-order valence-electron chi connectivity index (χ1n) is 4.06. The Morgan fingerprint density at radius 2 is 2.38 bits per heavy atom. The van der Waals surface area contributed by atoms with Crippen molar-refractivity contribution in [1.29, 1.82) is 0 Å². The monoisotopic (exact) mass is 171 g/mol. The van der Waals surface area contributed by atoms with Crippen LogP contribution in [0.2, 0.25) is 0 Å². The highest BCUT2D eigenvalue weighted by Crippen LogP contribution is 2.14. The fourth-order valence-electron chi connectivity index (χ4n) is 1.27. The summed E-state index contributed by atoms with van der Waals surface area (Å²) >= 11 is 0. The van der Waals surface area contributed by atoms with Gasteiger partial charge in [-0.1, -0.05) is 5.92 Å². The molecule has 1 atom stereocenters. The van der Waals surface area contributed by atoms with Crippen molar-refractivity contribution in [1.82, 2.24) is 14.4 Å². The van der Waals surface area contributed by atoms with E-state index in [1.54, 1.807) is 18.6 Å². The van der Waals surface area contributed by atoms with E-state index in [1.165, 1.54) is 0 Å². The predicted octanol–water partition coefficient (Wildman–Crippen LogP) is 1.47. The Kier molecular flexibility index (Phi) is 1.75. The van der Waals surface area contributed by atoms with Gasteiger partial charge < -0.3 is 0 Å². The number of hydrogen-bond donors (Lipinski definition) is 0. The van der Waals surface area contributed by atoms with Crippen LogP contribution in [0.5, 0.6) is 0 Å². The summed E-state index contributed by atoms with van der Waals surface area (Å²) < 4.78 is 1.96.